The molecule has 0 aliphatic heterocycles. The Labute approximate surface area is 97.6 Å². The third-order valence-corrected chi connectivity index (χ3v) is 2.49. The van der Waals surface area contributed by atoms with Gasteiger partial charge in [-0.3, -0.25) is 0 Å². The fraction of sp³-hybridized carbons (Fsp3) is 0.556. The van der Waals surface area contributed by atoms with Gasteiger partial charge in [0.25, 0.3) is 0 Å². The fourth-order valence-electron chi connectivity index (χ4n) is 1.73. The zero-order chi connectivity index (χ0) is 10.9. The van der Waals surface area contributed by atoms with Crippen LogP contribution in [0.25, 0.3) is 0 Å². The van der Waals surface area contributed by atoms with Gasteiger partial charge in [0.05, 0.1) is 11.6 Å². The van der Waals surface area contributed by atoms with E-state index in [1.807, 2.05) is 0 Å². The molecule has 0 aromatic carbocycles. The van der Waals surface area contributed by atoms with Crippen LogP contribution >= 0.6 is 12.4 Å². The van der Waals surface area contributed by atoms with Crippen LogP contribution in [-0.2, 0) is 10.3 Å². The third kappa shape index (κ3) is 2.63. The van der Waals surface area contributed by atoms with E-state index in [0.29, 0.717) is 18.7 Å². The van der Waals surface area contributed by atoms with Gasteiger partial charge in [-0.25, -0.2) is 9.97 Å². The first-order valence-corrected chi connectivity index (χ1v) is 4.60. The van der Waals surface area contributed by atoms with Crippen molar-refractivity contribution >= 4 is 12.4 Å². The van der Waals surface area contributed by atoms with Crippen molar-refractivity contribution in [3.8, 4) is 0 Å². The number of aromatic nitrogens is 2. The summed E-state index contributed by atoms with van der Waals surface area (Å²) in [4.78, 5) is 8.01. The largest absolute Gasteiger partial charge is 0.345 e. The number of hydrogen-bond donors (Lipinski definition) is 1. The van der Waals surface area contributed by atoms with Gasteiger partial charge in [0.1, 0.15) is 5.82 Å². The van der Waals surface area contributed by atoms with Gasteiger partial charge in [-0.2, -0.15) is 8.78 Å². The Morgan fingerprint density at radius 2 is 1.94 bits per heavy atom. The molecular formula is C9H12ClF2N3O. The molecule has 0 bridgehead atoms. The van der Waals surface area contributed by atoms with E-state index in [-0.39, 0.29) is 12.4 Å². The number of nitrogens with two attached hydrogens (primary N) is 1. The zero-order valence-corrected chi connectivity index (χ0v) is 9.16. The van der Waals surface area contributed by atoms with Crippen LogP contribution < -0.4 is 5.73 Å². The number of hydrogen-bond acceptors (Lipinski definition) is 4. The van der Waals surface area contributed by atoms with Crippen molar-refractivity contribution < 1.29 is 13.5 Å². The summed E-state index contributed by atoms with van der Waals surface area (Å²) in [6.07, 6.45) is 3.35. The van der Waals surface area contributed by atoms with E-state index in [9.17, 15) is 8.78 Å². The lowest BCUT2D eigenvalue weighted by Crippen LogP contribution is -2.54. The Balaban J connectivity index is 0.00000128. The summed E-state index contributed by atoms with van der Waals surface area (Å²) in [6, 6.07) is 1.68. The second-order valence-corrected chi connectivity index (χ2v) is 3.66. The molecule has 0 atom stereocenters. The van der Waals surface area contributed by atoms with Crippen LogP contribution in [-0.4, -0.2) is 22.7 Å². The van der Waals surface area contributed by atoms with Gasteiger partial charge in [0, 0.05) is 12.4 Å². The minimum atomic E-state index is -2.74. The van der Waals surface area contributed by atoms with E-state index < -0.39 is 18.3 Å². The standard InChI is InChI=1S/C9H11F2N3O.ClH/c10-8(11)15-6-4-9(12,5-6)7-13-2-1-3-14-7;/h1-3,6,8H,4-5,12H2;1H. The summed E-state index contributed by atoms with van der Waals surface area (Å²) in [5.74, 6) is 0.485. The van der Waals surface area contributed by atoms with E-state index >= 15 is 0 Å². The predicted molar refractivity (Wildman–Crippen MR) is 55.3 cm³/mol. The van der Waals surface area contributed by atoms with E-state index in [2.05, 4.69) is 14.7 Å². The second kappa shape index (κ2) is 4.99. The highest BCUT2D eigenvalue weighted by atomic mass is 35.5. The van der Waals surface area contributed by atoms with Crippen LogP contribution in [0.3, 0.4) is 0 Å². The molecule has 2 rings (SSSR count). The van der Waals surface area contributed by atoms with Crippen molar-refractivity contribution in [2.45, 2.75) is 31.1 Å². The van der Waals surface area contributed by atoms with Crippen LogP contribution in [0.1, 0.15) is 18.7 Å². The Bertz CT molecular complexity index is 333. The monoisotopic (exact) mass is 251 g/mol. The minimum Gasteiger partial charge on any atom is -0.319 e. The van der Waals surface area contributed by atoms with Crippen LogP contribution in [0.4, 0.5) is 8.78 Å². The first kappa shape index (κ1) is 13.2. The van der Waals surface area contributed by atoms with E-state index in [1.54, 1.807) is 18.5 Å². The summed E-state index contributed by atoms with van der Waals surface area (Å²) >= 11 is 0. The van der Waals surface area contributed by atoms with Gasteiger partial charge >= 0.3 is 6.61 Å². The van der Waals surface area contributed by atoms with Gasteiger partial charge in [-0.1, -0.05) is 0 Å². The molecule has 7 heteroatoms. The summed E-state index contributed by atoms with van der Waals surface area (Å²) in [6.45, 7) is -2.74. The lowest BCUT2D eigenvalue weighted by molar-refractivity contribution is -0.196. The summed E-state index contributed by atoms with van der Waals surface area (Å²) in [7, 11) is 0. The van der Waals surface area contributed by atoms with Crippen LogP contribution in [0, 0.1) is 0 Å². The normalized spacial score (nSPS) is 28.4. The average Bonchev–Trinajstić information content (AvgIpc) is 2.16. The summed E-state index contributed by atoms with van der Waals surface area (Å²) < 4.78 is 28.1. The Hall–Kier alpha value is -0.850. The van der Waals surface area contributed by atoms with Crippen LogP contribution in [0.15, 0.2) is 18.5 Å². The van der Waals surface area contributed by atoms with Gasteiger partial charge in [-0.05, 0) is 18.9 Å². The molecule has 90 valence electrons. The number of ether oxygens (including phenoxy) is 1. The molecule has 4 nitrogen and oxygen atoms in total. The lowest BCUT2D eigenvalue weighted by atomic mass is 9.74. The van der Waals surface area contributed by atoms with Crippen LogP contribution in [0.2, 0.25) is 0 Å². The van der Waals surface area contributed by atoms with E-state index in [4.69, 9.17) is 5.73 Å². The zero-order valence-electron chi connectivity index (χ0n) is 8.35. The molecule has 1 aromatic heterocycles. The van der Waals surface area contributed by atoms with Gasteiger partial charge in [0.2, 0.25) is 0 Å². The molecule has 16 heavy (non-hydrogen) atoms. The molecule has 1 fully saturated rings. The lowest BCUT2D eigenvalue weighted by Gasteiger charge is -2.42. The van der Waals surface area contributed by atoms with Crippen molar-refractivity contribution in [1.82, 2.24) is 9.97 Å². The maximum Gasteiger partial charge on any atom is 0.345 e. The third-order valence-electron chi connectivity index (χ3n) is 2.49. The highest BCUT2D eigenvalue weighted by Gasteiger charge is 2.46. The van der Waals surface area contributed by atoms with Gasteiger partial charge in [-0.15, -0.1) is 12.4 Å². The molecule has 0 saturated heterocycles. The molecular weight excluding hydrogens is 240 g/mol. The number of alkyl halides is 2. The topological polar surface area (TPSA) is 61.0 Å². The average molecular weight is 252 g/mol. The molecule has 1 aliphatic rings. The molecule has 1 aliphatic carbocycles. The molecule has 1 saturated carbocycles. The smallest absolute Gasteiger partial charge is 0.319 e. The summed E-state index contributed by atoms with van der Waals surface area (Å²) in [5, 5.41) is 0. The molecule has 0 amide bonds. The van der Waals surface area contributed by atoms with Crippen LogP contribution in [0.5, 0.6) is 0 Å². The summed E-state index contributed by atoms with van der Waals surface area (Å²) in [5.41, 5.74) is 5.23. The van der Waals surface area contributed by atoms with Gasteiger partial charge < -0.3 is 10.5 Å². The molecule has 0 radical (unpaired) electrons. The van der Waals surface area contributed by atoms with Crippen molar-refractivity contribution in [2.24, 2.45) is 5.73 Å². The SMILES string of the molecule is Cl.NC1(c2ncccn2)CC(OC(F)F)C1. The second-order valence-electron chi connectivity index (χ2n) is 3.66. The highest BCUT2D eigenvalue weighted by molar-refractivity contribution is 5.85. The van der Waals surface area contributed by atoms with Crippen molar-refractivity contribution in [2.75, 3.05) is 0 Å². The van der Waals surface area contributed by atoms with Crippen molar-refractivity contribution in [3.63, 3.8) is 0 Å². The maximum atomic E-state index is 11.9. The highest BCUT2D eigenvalue weighted by Crippen LogP contribution is 2.39. The number of nitrogens with zero attached hydrogens (tertiary/aromatic N) is 2. The van der Waals surface area contributed by atoms with E-state index in [1.165, 1.54) is 0 Å². The first-order valence-electron chi connectivity index (χ1n) is 4.60. The van der Waals surface area contributed by atoms with Crippen molar-refractivity contribution in [1.29, 1.82) is 0 Å². The van der Waals surface area contributed by atoms with Crippen molar-refractivity contribution in [3.05, 3.63) is 24.3 Å². The predicted octanol–water partition coefficient (Wildman–Crippen LogP) is 1.45. The first-order chi connectivity index (χ1) is 7.10. The number of halogens is 3. The Morgan fingerprint density at radius 3 is 2.44 bits per heavy atom. The molecule has 2 N–H and O–H groups in total. The molecule has 1 heterocycles. The number of rotatable bonds is 3. The Morgan fingerprint density at radius 1 is 1.38 bits per heavy atom. The fourth-order valence-corrected chi connectivity index (χ4v) is 1.73. The minimum absolute atomic E-state index is 0. The molecule has 0 spiro atoms. The molecule has 0 unspecified atom stereocenters. The Kier molecular flexibility index (Phi) is 4.12. The van der Waals surface area contributed by atoms with E-state index in [0.717, 1.165) is 0 Å². The molecule has 1 aromatic rings. The van der Waals surface area contributed by atoms with Gasteiger partial charge in [0.15, 0.2) is 0 Å². The maximum absolute atomic E-state index is 11.9. The quantitative estimate of drug-likeness (QED) is 0.883.